The Morgan fingerprint density at radius 2 is 1.68 bits per heavy atom. The van der Waals surface area contributed by atoms with Crippen LogP contribution in [0.5, 0.6) is 11.5 Å². The highest BCUT2D eigenvalue weighted by molar-refractivity contribution is 5.75. The molecule has 1 saturated carbocycles. The highest BCUT2D eigenvalue weighted by Crippen LogP contribution is 2.29. The van der Waals surface area contributed by atoms with Crippen molar-refractivity contribution in [3.05, 3.63) is 24.3 Å². The number of benzene rings is 1. The highest BCUT2D eigenvalue weighted by atomic mass is 16.5. The largest absolute Gasteiger partial charge is 0.494 e. The molecule has 1 fully saturated rings. The Labute approximate surface area is 114 Å². The summed E-state index contributed by atoms with van der Waals surface area (Å²) in [6.45, 7) is 4.82. The molecule has 0 heterocycles. The van der Waals surface area contributed by atoms with Gasteiger partial charge in [0.05, 0.1) is 12.5 Å². The summed E-state index contributed by atoms with van der Waals surface area (Å²) in [7, 11) is 0. The maximum Gasteiger partial charge on any atom is 0.314 e. The monoisotopic (exact) mass is 262 g/mol. The minimum absolute atomic E-state index is 0.0720. The summed E-state index contributed by atoms with van der Waals surface area (Å²) in [6, 6.07) is 7.23. The molecule has 3 nitrogen and oxygen atoms in total. The van der Waals surface area contributed by atoms with Gasteiger partial charge < -0.3 is 9.47 Å². The summed E-state index contributed by atoms with van der Waals surface area (Å²) < 4.78 is 10.8. The van der Waals surface area contributed by atoms with Gasteiger partial charge in [-0.25, -0.2) is 0 Å². The van der Waals surface area contributed by atoms with Crippen LogP contribution in [0.1, 0.15) is 39.5 Å². The van der Waals surface area contributed by atoms with E-state index < -0.39 is 0 Å². The number of esters is 1. The van der Waals surface area contributed by atoms with E-state index in [1.165, 1.54) is 0 Å². The summed E-state index contributed by atoms with van der Waals surface area (Å²) in [6.07, 6.45) is 4.17. The molecule has 0 unspecified atom stereocenters. The number of carbonyl (C=O) groups is 1. The molecule has 1 aliphatic rings. The zero-order valence-electron chi connectivity index (χ0n) is 11.7. The molecule has 0 aliphatic heterocycles. The Kier molecular flexibility index (Phi) is 4.83. The third-order valence-electron chi connectivity index (χ3n) is 3.70. The SMILES string of the molecule is CCOc1ccc(OC(=O)C2CCC(C)CC2)cc1. The van der Waals surface area contributed by atoms with Crippen molar-refractivity contribution in [3.8, 4) is 11.5 Å². The summed E-state index contributed by atoms with van der Waals surface area (Å²) in [5, 5.41) is 0. The molecular weight excluding hydrogens is 240 g/mol. The number of rotatable bonds is 4. The molecule has 2 rings (SSSR count). The molecule has 0 spiro atoms. The maximum absolute atomic E-state index is 12.0. The summed E-state index contributed by atoms with van der Waals surface area (Å²) in [4.78, 5) is 12.0. The topological polar surface area (TPSA) is 35.5 Å². The first-order chi connectivity index (χ1) is 9.19. The number of hydrogen-bond donors (Lipinski definition) is 0. The van der Waals surface area contributed by atoms with Gasteiger partial charge in [-0.15, -0.1) is 0 Å². The first-order valence-electron chi connectivity index (χ1n) is 7.13. The third kappa shape index (κ3) is 3.98. The summed E-state index contributed by atoms with van der Waals surface area (Å²) in [5.41, 5.74) is 0. The molecule has 0 amide bonds. The van der Waals surface area contributed by atoms with E-state index in [0.717, 1.165) is 37.4 Å². The van der Waals surface area contributed by atoms with E-state index in [-0.39, 0.29) is 11.9 Å². The fourth-order valence-electron chi connectivity index (χ4n) is 2.47. The Hall–Kier alpha value is -1.51. The second-order valence-corrected chi connectivity index (χ2v) is 5.28. The fraction of sp³-hybridized carbons (Fsp3) is 0.562. The van der Waals surface area contributed by atoms with Crippen LogP contribution >= 0.6 is 0 Å². The Bertz CT molecular complexity index is 403. The number of carbonyl (C=O) groups excluding carboxylic acids is 1. The molecule has 0 bridgehead atoms. The number of hydrogen-bond acceptors (Lipinski definition) is 3. The van der Waals surface area contributed by atoms with Crippen molar-refractivity contribution in [2.45, 2.75) is 39.5 Å². The zero-order valence-corrected chi connectivity index (χ0v) is 11.7. The average Bonchev–Trinajstić information content (AvgIpc) is 2.42. The van der Waals surface area contributed by atoms with Crippen molar-refractivity contribution < 1.29 is 14.3 Å². The van der Waals surface area contributed by atoms with Gasteiger partial charge in [0.15, 0.2) is 0 Å². The van der Waals surface area contributed by atoms with E-state index in [9.17, 15) is 4.79 Å². The lowest BCUT2D eigenvalue weighted by Gasteiger charge is -2.24. The predicted octanol–water partition coefficient (Wildman–Crippen LogP) is 3.82. The first kappa shape index (κ1) is 13.9. The maximum atomic E-state index is 12.0. The fourth-order valence-corrected chi connectivity index (χ4v) is 2.47. The molecule has 104 valence electrons. The molecule has 0 radical (unpaired) electrons. The van der Waals surface area contributed by atoms with Gasteiger partial charge in [-0.1, -0.05) is 6.92 Å². The van der Waals surface area contributed by atoms with Crippen molar-refractivity contribution in [1.82, 2.24) is 0 Å². The predicted molar refractivity (Wildman–Crippen MR) is 74.4 cm³/mol. The minimum atomic E-state index is -0.0870. The van der Waals surface area contributed by atoms with E-state index in [1.807, 2.05) is 19.1 Å². The lowest BCUT2D eigenvalue weighted by molar-refractivity contribution is -0.140. The first-order valence-corrected chi connectivity index (χ1v) is 7.13. The van der Waals surface area contributed by atoms with Gasteiger partial charge in [0, 0.05) is 0 Å². The lowest BCUT2D eigenvalue weighted by atomic mass is 9.83. The molecule has 0 saturated heterocycles. The van der Waals surface area contributed by atoms with E-state index in [0.29, 0.717) is 12.4 Å². The Morgan fingerprint density at radius 3 is 2.26 bits per heavy atom. The Balaban J connectivity index is 1.88. The van der Waals surface area contributed by atoms with Crippen molar-refractivity contribution in [1.29, 1.82) is 0 Å². The summed E-state index contributed by atoms with van der Waals surface area (Å²) in [5.74, 6) is 2.13. The zero-order chi connectivity index (χ0) is 13.7. The second-order valence-electron chi connectivity index (χ2n) is 5.28. The molecular formula is C16H22O3. The average molecular weight is 262 g/mol. The highest BCUT2D eigenvalue weighted by Gasteiger charge is 2.25. The van der Waals surface area contributed by atoms with E-state index in [4.69, 9.17) is 9.47 Å². The second kappa shape index (κ2) is 6.60. The number of ether oxygens (including phenoxy) is 2. The molecule has 1 aromatic carbocycles. The van der Waals surface area contributed by atoms with Gasteiger partial charge in [0.2, 0.25) is 0 Å². The van der Waals surface area contributed by atoms with Crippen LogP contribution in [0.25, 0.3) is 0 Å². The van der Waals surface area contributed by atoms with E-state index in [2.05, 4.69) is 6.92 Å². The minimum Gasteiger partial charge on any atom is -0.494 e. The van der Waals surface area contributed by atoms with Crippen LogP contribution in [-0.4, -0.2) is 12.6 Å². The molecule has 1 aromatic rings. The molecule has 19 heavy (non-hydrogen) atoms. The van der Waals surface area contributed by atoms with Crippen molar-refractivity contribution in [2.75, 3.05) is 6.61 Å². The third-order valence-corrected chi connectivity index (χ3v) is 3.70. The van der Waals surface area contributed by atoms with Crippen LogP contribution in [-0.2, 0) is 4.79 Å². The van der Waals surface area contributed by atoms with Gasteiger partial charge in [0.1, 0.15) is 11.5 Å². The molecule has 1 aliphatic carbocycles. The smallest absolute Gasteiger partial charge is 0.314 e. The lowest BCUT2D eigenvalue weighted by Crippen LogP contribution is -2.24. The van der Waals surface area contributed by atoms with E-state index in [1.54, 1.807) is 12.1 Å². The van der Waals surface area contributed by atoms with E-state index >= 15 is 0 Å². The van der Waals surface area contributed by atoms with Crippen molar-refractivity contribution in [3.63, 3.8) is 0 Å². The van der Waals surface area contributed by atoms with Gasteiger partial charge in [-0.3, -0.25) is 4.79 Å². The van der Waals surface area contributed by atoms with Crippen LogP contribution in [0, 0.1) is 11.8 Å². The Morgan fingerprint density at radius 1 is 1.11 bits per heavy atom. The van der Waals surface area contributed by atoms with Gasteiger partial charge in [0.25, 0.3) is 0 Å². The molecule has 0 atom stereocenters. The standard InChI is InChI=1S/C16H22O3/c1-3-18-14-8-10-15(11-9-14)19-16(17)13-6-4-12(2)5-7-13/h8-13H,3-7H2,1-2H3. The van der Waals surface area contributed by atoms with Crippen LogP contribution in [0.2, 0.25) is 0 Å². The van der Waals surface area contributed by atoms with Crippen LogP contribution in [0.4, 0.5) is 0 Å². The van der Waals surface area contributed by atoms with Crippen LogP contribution < -0.4 is 9.47 Å². The quantitative estimate of drug-likeness (QED) is 0.611. The van der Waals surface area contributed by atoms with Gasteiger partial charge in [-0.2, -0.15) is 0 Å². The molecule has 0 aromatic heterocycles. The molecule has 3 heteroatoms. The normalized spacial score (nSPS) is 22.8. The molecule has 0 N–H and O–H groups in total. The van der Waals surface area contributed by atoms with Crippen LogP contribution in [0.15, 0.2) is 24.3 Å². The van der Waals surface area contributed by atoms with Crippen molar-refractivity contribution in [2.24, 2.45) is 11.8 Å². The van der Waals surface area contributed by atoms with Crippen molar-refractivity contribution >= 4 is 5.97 Å². The summed E-state index contributed by atoms with van der Waals surface area (Å²) >= 11 is 0. The van der Waals surface area contributed by atoms with Gasteiger partial charge >= 0.3 is 5.97 Å². The van der Waals surface area contributed by atoms with Gasteiger partial charge in [-0.05, 0) is 62.8 Å². The van der Waals surface area contributed by atoms with Crippen LogP contribution in [0.3, 0.4) is 0 Å².